The van der Waals surface area contributed by atoms with Gasteiger partial charge in [0.25, 0.3) is 0 Å². The molecule has 0 aliphatic rings. The minimum atomic E-state index is 0.415. The fourth-order valence-electron chi connectivity index (χ4n) is 1.75. The van der Waals surface area contributed by atoms with E-state index in [0.29, 0.717) is 15.0 Å². The maximum atomic E-state index is 4.24. The average molecular weight is 314 g/mol. The zero-order valence-corrected chi connectivity index (χ0v) is 12.0. The fraction of sp³-hybridized carbons (Fsp3) is 0.0667. The number of aromatic nitrogens is 3. The molecule has 0 aliphatic carbocycles. The van der Waals surface area contributed by atoms with Gasteiger partial charge in [-0.1, -0.05) is 0 Å². The van der Waals surface area contributed by atoms with Gasteiger partial charge in [-0.15, -0.1) is 0 Å². The predicted octanol–water partition coefficient (Wildman–Crippen LogP) is 1.80. The third-order valence-electron chi connectivity index (χ3n) is 2.69. The van der Waals surface area contributed by atoms with Crippen LogP contribution in [0, 0.1) is 0 Å². The summed E-state index contributed by atoms with van der Waals surface area (Å²) in [6.45, 7) is 0. The number of hydrogen-bond donors (Lipinski definition) is 0. The Labute approximate surface area is 118 Å². The van der Waals surface area contributed by atoms with Gasteiger partial charge in [-0.3, -0.25) is 0 Å². The molecular weight excluding hydrogens is 301 g/mol. The van der Waals surface area contributed by atoms with E-state index < -0.39 is 0 Å². The molecule has 0 amide bonds. The van der Waals surface area contributed by atoms with E-state index in [9.17, 15) is 0 Å². The van der Waals surface area contributed by atoms with Crippen molar-refractivity contribution < 1.29 is 0 Å². The van der Waals surface area contributed by atoms with Crippen molar-refractivity contribution in [3.8, 4) is 5.69 Å². The summed E-state index contributed by atoms with van der Waals surface area (Å²) >= 11 is 0.415. The summed E-state index contributed by atoms with van der Waals surface area (Å²) < 4.78 is 3.22. The van der Waals surface area contributed by atoms with Crippen LogP contribution >= 0.6 is 0 Å². The van der Waals surface area contributed by atoms with E-state index in [0.717, 1.165) is 16.7 Å². The van der Waals surface area contributed by atoms with Crippen LogP contribution in [0.4, 0.5) is 0 Å². The van der Waals surface area contributed by atoms with Gasteiger partial charge in [-0.25, -0.2) is 0 Å². The summed E-state index contributed by atoms with van der Waals surface area (Å²) in [5.74, 6) is 0. The number of hydrogen-bond acceptors (Lipinski definition) is 2. The van der Waals surface area contributed by atoms with Crippen molar-refractivity contribution in [2.75, 3.05) is 0 Å². The van der Waals surface area contributed by atoms with Crippen LogP contribution in [0.15, 0.2) is 66.9 Å². The molecule has 4 heteroatoms. The van der Waals surface area contributed by atoms with E-state index in [2.05, 4.69) is 34.6 Å². The van der Waals surface area contributed by atoms with Crippen molar-refractivity contribution in [2.45, 2.75) is 5.32 Å². The fourth-order valence-corrected chi connectivity index (χ4v) is 3.42. The summed E-state index contributed by atoms with van der Waals surface area (Å²) in [4.78, 5) is 0. The Morgan fingerprint density at radius 2 is 1.58 bits per heavy atom. The molecule has 0 atom stereocenters. The molecule has 19 heavy (non-hydrogen) atoms. The Kier molecular flexibility index (Phi) is 3.73. The van der Waals surface area contributed by atoms with Crippen molar-refractivity contribution in [1.29, 1.82) is 0 Å². The maximum absolute atomic E-state index is 4.24. The molecule has 0 saturated carbocycles. The van der Waals surface area contributed by atoms with Gasteiger partial charge in [0.05, 0.1) is 0 Å². The van der Waals surface area contributed by atoms with Crippen molar-refractivity contribution in [2.24, 2.45) is 0 Å². The van der Waals surface area contributed by atoms with Crippen LogP contribution in [0.3, 0.4) is 0 Å². The molecule has 3 nitrogen and oxygen atoms in total. The standard InChI is InChI=1S/C15H13N3Se/c1-3-7-14(8-4-1)18-11-13(16-17-18)12-19-15-9-5-2-6-10-15/h1-11H,12H2. The Morgan fingerprint density at radius 3 is 2.32 bits per heavy atom. The van der Waals surface area contributed by atoms with Crippen LogP contribution in [0.2, 0.25) is 0 Å². The molecular formula is C15H13N3Se. The van der Waals surface area contributed by atoms with Crippen LogP contribution in [0.5, 0.6) is 0 Å². The van der Waals surface area contributed by atoms with Crippen LogP contribution in [-0.4, -0.2) is 30.0 Å². The van der Waals surface area contributed by atoms with Crippen molar-refractivity contribution >= 4 is 19.4 Å². The zero-order valence-electron chi connectivity index (χ0n) is 10.3. The third kappa shape index (κ3) is 3.11. The molecule has 0 aliphatic heterocycles. The molecule has 0 radical (unpaired) electrons. The summed E-state index contributed by atoms with van der Waals surface area (Å²) in [6.07, 6.45) is 2.01. The van der Waals surface area contributed by atoms with Crippen LogP contribution in [0.25, 0.3) is 5.69 Å². The molecule has 2 aromatic carbocycles. The van der Waals surface area contributed by atoms with Gasteiger partial charge in [0, 0.05) is 0 Å². The van der Waals surface area contributed by atoms with E-state index in [1.807, 2.05) is 47.3 Å². The summed E-state index contributed by atoms with van der Waals surface area (Å²) in [6, 6.07) is 20.6. The van der Waals surface area contributed by atoms with Crippen LogP contribution < -0.4 is 4.46 Å². The molecule has 0 spiro atoms. The summed E-state index contributed by atoms with van der Waals surface area (Å²) in [5, 5.41) is 9.39. The van der Waals surface area contributed by atoms with E-state index in [1.165, 1.54) is 4.46 Å². The molecule has 0 N–H and O–H groups in total. The second-order valence-corrected chi connectivity index (χ2v) is 6.29. The average Bonchev–Trinajstić information content (AvgIpc) is 2.96. The number of para-hydroxylation sites is 1. The van der Waals surface area contributed by atoms with Crippen LogP contribution in [-0.2, 0) is 5.32 Å². The van der Waals surface area contributed by atoms with Gasteiger partial charge in [-0.05, 0) is 0 Å². The van der Waals surface area contributed by atoms with E-state index in [-0.39, 0.29) is 0 Å². The first-order valence-electron chi connectivity index (χ1n) is 6.06. The Morgan fingerprint density at radius 1 is 0.895 bits per heavy atom. The first kappa shape index (κ1) is 12.1. The van der Waals surface area contributed by atoms with Gasteiger partial charge in [-0.2, -0.15) is 0 Å². The third-order valence-corrected chi connectivity index (χ3v) is 4.89. The molecule has 94 valence electrons. The first-order chi connectivity index (χ1) is 9.42. The van der Waals surface area contributed by atoms with Crippen molar-refractivity contribution in [1.82, 2.24) is 15.0 Å². The van der Waals surface area contributed by atoms with Crippen molar-refractivity contribution in [3.05, 3.63) is 72.6 Å². The Balaban J connectivity index is 1.69. The van der Waals surface area contributed by atoms with E-state index >= 15 is 0 Å². The Bertz CT molecular complexity index is 635. The van der Waals surface area contributed by atoms with E-state index in [1.54, 1.807) is 0 Å². The molecule has 3 rings (SSSR count). The molecule has 1 aromatic heterocycles. The molecule has 0 bridgehead atoms. The normalized spacial score (nSPS) is 10.5. The molecule has 1 heterocycles. The number of benzene rings is 2. The van der Waals surface area contributed by atoms with Gasteiger partial charge in [0.1, 0.15) is 0 Å². The molecule has 0 unspecified atom stereocenters. The quantitative estimate of drug-likeness (QED) is 0.688. The topological polar surface area (TPSA) is 30.7 Å². The van der Waals surface area contributed by atoms with Crippen molar-refractivity contribution in [3.63, 3.8) is 0 Å². The second kappa shape index (κ2) is 5.83. The molecule has 0 saturated heterocycles. The first-order valence-corrected chi connectivity index (χ1v) is 8.13. The summed E-state index contributed by atoms with van der Waals surface area (Å²) in [5.41, 5.74) is 2.10. The minimum absolute atomic E-state index is 0.415. The van der Waals surface area contributed by atoms with Gasteiger partial charge in [0.2, 0.25) is 0 Å². The Hall–Kier alpha value is -1.90. The zero-order chi connectivity index (χ0) is 12.9. The monoisotopic (exact) mass is 315 g/mol. The van der Waals surface area contributed by atoms with Gasteiger partial charge < -0.3 is 0 Å². The molecule has 3 aromatic rings. The predicted molar refractivity (Wildman–Crippen MR) is 76.9 cm³/mol. The van der Waals surface area contributed by atoms with Crippen LogP contribution in [0.1, 0.15) is 5.69 Å². The van der Waals surface area contributed by atoms with Gasteiger partial charge in [0.15, 0.2) is 0 Å². The molecule has 0 fully saturated rings. The SMILES string of the molecule is c1ccc([Se]Cc2cn(-c3ccccc3)nn2)cc1. The summed E-state index contributed by atoms with van der Waals surface area (Å²) in [7, 11) is 0. The number of rotatable bonds is 4. The van der Waals surface area contributed by atoms with E-state index in [4.69, 9.17) is 0 Å². The van der Waals surface area contributed by atoms with Gasteiger partial charge >= 0.3 is 118 Å². The number of nitrogens with zero attached hydrogens (tertiary/aromatic N) is 3. The second-order valence-electron chi connectivity index (χ2n) is 4.09.